The van der Waals surface area contributed by atoms with Gasteiger partial charge >= 0.3 is 0 Å². The molecule has 0 radical (unpaired) electrons. The normalized spacial score (nSPS) is 10.5. The van der Waals surface area contributed by atoms with Crippen molar-refractivity contribution < 1.29 is 4.79 Å². The van der Waals surface area contributed by atoms with Crippen LogP contribution in [0.4, 0.5) is 0 Å². The molecular formula is C11H13Cl2NO. The number of hydrogen-bond acceptors (Lipinski definition) is 1. The molecule has 0 atom stereocenters. The molecule has 0 aliphatic heterocycles. The molecule has 0 aromatic heterocycles. The maximum Gasteiger partial charge on any atom is 0.251 e. The van der Waals surface area contributed by atoms with Crippen LogP contribution in [0, 0.1) is 0 Å². The molecule has 2 nitrogen and oxygen atoms in total. The van der Waals surface area contributed by atoms with Crippen LogP contribution in [0.1, 0.15) is 35.7 Å². The summed E-state index contributed by atoms with van der Waals surface area (Å²) in [4.78, 5) is 11.6. The van der Waals surface area contributed by atoms with E-state index in [2.05, 4.69) is 5.32 Å². The number of rotatable bonds is 2. The molecule has 1 amide bonds. The lowest BCUT2D eigenvalue weighted by molar-refractivity contribution is 0.0962. The van der Waals surface area contributed by atoms with E-state index in [1.54, 1.807) is 19.2 Å². The van der Waals surface area contributed by atoms with E-state index in [4.69, 9.17) is 23.2 Å². The van der Waals surface area contributed by atoms with Crippen molar-refractivity contribution in [2.45, 2.75) is 19.8 Å². The van der Waals surface area contributed by atoms with Gasteiger partial charge in [-0.25, -0.2) is 0 Å². The van der Waals surface area contributed by atoms with Gasteiger partial charge in [-0.15, -0.1) is 0 Å². The predicted molar refractivity (Wildman–Crippen MR) is 63.9 cm³/mol. The van der Waals surface area contributed by atoms with Gasteiger partial charge in [-0.3, -0.25) is 4.79 Å². The molecule has 0 spiro atoms. The van der Waals surface area contributed by atoms with Crippen molar-refractivity contribution in [2.75, 3.05) is 7.05 Å². The molecule has 1 rings (SSSR count). The highest BCUT2D eigenvalue weighted by atomic mass is 35.5. The summed E-state index contributed by atoms with van der Waals surface area (Å²) in [6, 6.07) is 3.36. The monoisotopic (exact) mass is 245 g/mol. The van der Waals surface area contributed by atoms with Crippen LogP contribution in [0.2, 0.25) is 10.0 Å². The number of halogens is 2. The third-order valence-electron chi connectivity index (χ3n) is 2.19. The van der Waals surface area contributed by atoms with Gasteiger partial charge in [0.25, 0.3) is 5.91 Å². The Hall–Kier alpha value is -0.730. The SMILES string of the molecule is CNC(=O)c1cc(Cl)c(Cl)cc1C(C)C. The third-order valence-corrected chi connectivity index (χ3v) is 2.91. The molecule has 0 saturated carbocycles. The number of amides is 1. The zero-order chi connectivity index (χ0) is 11.6. The Morgan fingerprint density at radius 1 is 1.27 bits per heavy atom. The van der Waals surface area contributed by atoms with E-state index < -0.39 is 0 Å². The van der Waals surface area contributed by atoms with E-state index in [-0.39, 0.29) is 11.8 Å². The third kappa shape index (κ3) is 2.64. The first-order chi connectivity index (χ1) is 6.97. The maximum absolute atomic E-state index is 11.6. The summed E-state index contributed by atoms with van der Waals surface area (Å²) in [5.74, 6) is 0.0873. The average molecular weight is 246 g/mol. The smallest absolute Gasteiger partial charge is 0.251 e. The minimum absolute atomic E-state index is 0.141. The minimum atomic E-state index is -0.141. The van der Waals surface area contributed by atoms with Gasteiger partial charge < -0.3 is 5.32 Å². The molecule has 0 bridgehead atoms. The Morgan fingerprint density at radius 3 is 2.27 bits per heavy atom. The van der Waals surface area contributed by atoms with Crippen molar-refractivity contribution in [1.82, 2.24) is 5.32 Å². The zero-order valence-corrected chi connectivity index (χ0v) is 10.4. The molecule has 1 aromatic carbocycles. The van der Waals surface area contributed by atoms with Crippen molar-refractivity contribution in [3.8, 4) is 0 Å². The molecule has 4 heteroatoms. The van der Waals surface area contributed by atoms with Crippen LogP contribution < -0.4 is 5.32 Å². The first kappa shape index (κ1) is 12.3. The topological polar surface area (TPSA) is 29.1 Å². The molecule has 0 aliphatic carbocycles. The van der Waals surface area contributed by atoms with Crippen molar-refractivity contribution in [2.24, 2.45) is 0 Å². The van der Waals surface area contributed by atoms with E-state index >= 15 is 0 Å². The van der Waals surface area contributed by atoms with Gasteiger partial charge in [0, 0.05) is 12.6 Å². The van der Waals surface area contributed by atoms with Gasteiger partial charge in [0.15, 0.2) is 0 Å². The highest BCUT2D eigenvalue weighted by molar-refractivity contribution is 6.42. The van der Waals surface area contributed by atoms with E-state index in [0.29, 0.717) is 15.6 Å². The second-order valence-corrected chi connectivity index (χ2v) is 4.40. The molecule has 0 unspecified atom stereocenters. The fraction of sp³-hybridized carbons (Fsp3) is 0.364. The van der Waals surface area contributed by atoms with Gasteiger partial charge in [0.2, 0.25) is 0 Å². The molecule has 1 N–H and O–H groups in total. The molecule has 82 valence electrons. The first-order valence-corrected chi connectivity index (χ1v) is 5.44. The molecule has 0 aliphatic rings. The standard InChI is InChI=1S/C11H13Cl2NO/c1-6(2)7-4-9(12)10(13)5-8(7)11(15)14-3/h4-6H,1-3H3,(H,14,15). The largest absolute Gasteiger partial charge is 0.355 e. The Labute approximate surface area is 99.6 Å². The van der Waals surface area contributed by atoms with Crippen LogP contribution in [0.25, 0.3) is 0 Å². The van der Waals surface area contributed by atoms with Crippen molar-refractivity contribution in [1.29, 1.82) is 0 Å². The molecule has 0 saturated heterocycles. The fourth-order valence-electron chi connectivity index (χ4n) is 1.37. The van der Waals surface area contributed by atoms with Crippen LogP contribution in [-0.2, 0) is 0 Å². The predicted octanol–water partition coefficient (Wildman–Crippen LogP) is 3.48. The quantitative estimate of drug-likeness (QED) is 0.850. The summed E-state index contributed by atoms with van der Waals surface area (Å²) in [7, 11) is 1.59. The van der Waals surface area contributed by atoms with Crippen LogP contribution >= 0.6 is 23.2 Å². The highest BCUT2D eigenvalue weighted by Crippen LogP contribution is 2.29. The molecule has 15 heavy (non-hydrogen) atoms. The van der Waals surface area contributed by atoms with E-state index in [0.717, 1.165) is 5.56 Å². The van der Waals surface area contributed by atoms with Gasteiger partial charge in [-0.1, -0.05) is 37.0 Å². The van der Waals surface area contributed by atoms with Crippen LogP contribution in [0.15, 0.2) is 12.1 Å². The maximum atomic E-state index is 11.6. The Balaban J connectivity index is 3.34. The lowest BCUT2D eigenvalue weighted by Crippen LogP contribution is -2.20. The second kappa shape index (κ2) is 4.86. The molecule has 1 aromatic rings. The Morgan fingerprint density at radius 2 is 1.80 bits per heavy atom. The molecule has 0 fully saturated rings. The number of hydrogen-bond donors (Lipinski definition) is 1. The molecular weight excluding hydrogens is 233 g/mol. The van der Waals surface area contributed by atoms with Gasteiger partial charge in [0.1, 0.15) is 0 Å². The van der Waals surface area contributed by atoms with Gasteiger partial charge in [-0.05, 0) is 23.6 Å². The van der Waals surface area contributed by atoms with Crippen LogP contribution in [0.3, 0.4) is 0 Å². The van der Waals surface area contributed by atoms with E-state index in [1.807, 2.05) is 13.8 Å². The average Bonchev–Trinajstić information content (AvgIpc) is 2.20. The summed E-state index contributed by atoms with van der Waals surface area (Å²) in [6.07, 6.45) is 0. The summed E-state index contributed by atoms with van der Waals surface area (Å²) < 4.78 is 0. The summed E-state index contributed by atoms with van der Waals surface area (Å²) in [5, 5.41) is 3.46. The van der Waals surface area contributed by atoms with Crippen LogP contribution in [0.5, 0.6) is 0 Å². The minimum Gasteiger partial charge on any atom is -0.355 e. The number of benzene rings is 1. The van der Waals surface area contributed by atoms with Crippen LogP contribution in [-0.4, -0.2) is 13.0 Å². The Kier molecular flexibility index (Phi) is 4.00. The first-order valence-electron chi connectivity index (χ1n) is 4.68. The number of carbonyl (C=O) groups excluding carboxylic acids is 1. The number of carbonyl (C=O) groups is 1. The lowest BCUT2D eigenvalue weighted by atomic mass is 9.97. The zero-order valence-electron chi connectivity index (χ0n) is 8.90. The summed E-state index contributed by atoms with van der Waals surface area (Å²) >= 11 is 11.8. The van der Waals surface area contributed by atoms with Crippen molar-refractivity contribution in [3.05, 3.63) is 33.3 Å². The Bertz CT molecular complexity index is 388. The van der Waals surface area contributed by atoms with E-state index in [9.17, 15) is 4.79 Å². The van der Waals surface area contributed by atoms with Gasteiger partial charge in [-0.2, -0.15) is 0 Å². The highest BCUT2D eigenvalue weighted by Gasteiger charge is 2.15. The van der Waals surface area contributed by atoms with E-state index in [1.165, 1.54) is 0 Å². The van der Waals surface area contributed by atoms with Gasteiger partial charge in [0.05, 0.1) is 10.0 Å². The van der Waals surface area contributed by atoms with Crippen molar-refractivity contribution in [3.63, 3.8) is 0 Å². The fourth-order valence-corrected chi connectivity index (χ4v) is 1.71. The summed E-state index contributed by atoms with van der Waals surface area (Å²) in [6.45, 7) is 4.01. The number of nitrogens with one attached hydrogen (secondary N) is 1. The summed E-state index contributed by atoms with van der Waals surface area (Å²) in [5.41, 5.74) is 1.49. The molecule has 0 heterocycles. The van der Waals surface area contributed by atoms with Crippen molar-refractivity contribution >= 4 is 29.1 Å². The lowest BCUT2D eigenvalue weighted by Gasteiger charge is -2.13. The second-order valence-electron chi connectivity index (χ2n) is 3.59.